The number of rotatable bonds is 4. The van der Waals surface area contributed by atoms with Crippen molar-refractivity contribution in [1.29, 1.82) is 0 Å². The zero-order valence-corrected chi connectivity index (χ0v) is 22.7. The summed E-state index contributed by atoms with van der Waals surface area (Å²) in [6.07, 6.45) is 11.1. The summed E-state index contributed by atoms with van der Waals surface area (Å²) in [6.45, 7) is 0. The Morgan fingerprint density at radius 3 is 1.85 bits per heavy atom. The van der Waals surface area contributed by atoms with Crippen molar-refractivity contribution in [3.05, 3.63) is 132 Å². The molecule has 2 aliphatic rings. The van der Waals surface area contributed by atoms with Crippen molar-refractivity contribution in [3.8, 4) is 33.4 Å². The van der Waals surface area contributed by atoms with E-state index in [4.69, 9.17) is 0 Å². The molecular weight excluding hydrogens is 534 g/mol. The molecule has 166 valence electrons. The SMILES string of the molecule is C1=CC(Cc2c(-c3ccccc3)ccc3c2Cc2cc(-c4ccccc4)ccc2-3)C=C1.[Cl-].[Cl-].[Zr+2]. The van der Waals surface area contributed by atoms with Crippen LogP contribution in [-0.2, 0) is 39.0 Å². The van der Waals surface area contributed by atoms with Crippen LogP contribution in [-0.4, -0.2) is 0 Å². The van der Waals surface area contributed by atoms with E-state index < -0.39 is 0 Å². The number of hydrogen-bond acceptors (Lipinski definition) is 0. The third-order valence-electron chi connectivity index (χ3n) is 6.65. The Balaban J connectivity index is 0.00000108. The number of benzene rings is 4. The molecule has 0 radical (unpaired) electrons. The number of fused-ring (bicyclic) bond motifs is 3. The summed E-state index contributed by atoms with van der Waals surface area (Å²) in [7, 11) is 0. The van der Waals surface area contributed by atoms with Crippen LogP contribution >= 0.6 is 0 Å². The van der Waals surface area contributed by atoms with Crippen molar-refractivity contribution in [2.24, 2.45) is 5.92 Å². The Kier molecular flexibility index (Phi) is 8.94. The van der Waals surface area contributed by atoms with Gasteiger partial charge in [0.2, 0.25) is 0 Å². The molecule has 0 N–H and O–H groups in total. The topological polar surface area (TPSA) is 0 Å². The van der Waals surface area contributed by atoms with Gasteiger partial charge in [-0.1, -0.05) is 115 Å². The molecule has 0 fully saturated rings. The van der Waals surface area contributed by atoms with Gasteiger partial charge in [-0.3, -0.25) is 0 Å². The van der Waals surface area contributed by atoms with E-state index in [1.807, 2.05) is 0 Å². The van der Waals surface area contributed by atoms with E-state index in [0.717, 1.165) is 12.8 Å². The van der Waals surface area contributed by atoms with Crippen LogP contribution in [0.15, 0.2) is 115 Å². The van der Waals surface area contributed by atoms with Gasteiger partial charge in [-0.25, -0.2) is 0 Å². The molecule has 6 rings (SSSR count). The van der Waals surface area contributed by atoms with Crippen molar-refractivity contribution in [1.82, 2.24) is 0 Å². The molecule has 0 bridgehead atoms. The van der Waals surface area contributed by atoms with Gasteiger partial charge < -0.3 is 24.8 Å². The predicted octanol–water partition coefficient (Wildman–Crippen LogP) is 1.88. The molecule has 0 atom stereocenters. The molecule has 2 aliphatic carbocycles. The molecule has 0 amide bonds. The van der Waals surface area contributed by atoms with Gasteiger partial charge in [0, 0.05) is 0 Å². The molecule has 34 heavy (non-hydrogen) atoms. The molecule has 0 saturated heterocycles. The van der Waals surface area contributed by atoms with E-state index >= 15 is 0 Å². The van der Waals surface area contributed by atoms with Crippen LogP contribution < -0.4 is 24.8 Å². The molecule has 3 heteroatoms. The number of halogens is 2. The summed E-state index contributed by atoms with van der Waals surface area (Å²) in [5.74, 6) is 0.484. The van der Waals surface area contributed by atoms with Gasteiger partial charge in [-0.15, -0.1) is 0 Å². The first-order valence-electron chi connectivity index (χ1n) is 11.1. The quantitative estimate of drug-likeness (QED) is 0.316. The first-order chi connectivity index (χ1) is 15.4. The third kappa shape index (κ3) is 4.94. The Morgan fingerprint density at radius 1 is 0.588 bits per heavy atom. The van der Waals surface area contributed by atoms with Crippen molar-refractivity contribution >= 4 is 0 Å². The second-order valence-corrected chi connectivity index (χ2v) is 8.54. The Morgan fingerprint density at radius 2 is 1.18 bits per heavy atom. The molecule has 0 saturated carbocycles. The standard InChI is InChI=1S/C31H24.2ClH.Zr/c1-3-11-23(12-4-1)25-15-16-28-26(20-25)21-31-29(28)18-17-27(24-13-5-2-6-14-24)30(31)19-22-9-7-8-10-22;;;/h1-18,20,22H,19,21H2;2*1H;/q;;;+2/p-2. The fourth-order valence-electron chi connectivity index (χ4n) is 5.12. The molecule has 0 unspecified atom stereocenters. The largest absolute Gasteiger partial charge is 2.00 e. The van der Waals surface area contributed by atoms with Crippen molar-refractivity contribution in [2.75, 3.05) is 0 Å². The Bertz CT molecular complexity index is 1310. The maximum atomic E-state index is 2.39. The summed E-state index contributed by atoms with van der Waals surface area (Å²) >= 11 is 0. The molecule has 0 aromatic heterocycles. The van der Waals surface area contributed by atoms with Crippen molar-refractivity contribution in [3.63, 3.8) is 0 Å². The smallest absolute Gasteiger partial charge is 1.00 e. The normalized spacial score (nSPS) is 12.8. The minimum Gasteiger partial charge on any atom is -1.00 e. The number of allylic oxidation sites excluding steroid dienone is 4. The summed E-state index contributed by atoms with van der Waals surface area (Å²) in [5, 5.41) is 0. The molecule has 0 aliphatic heterocycles. The molecule has 0 nitrogen and oxygen atoms in total. The maximum absolute atomic E-state index is 2.39. The second-order valence-electron chi connectivity index (χ2n) is 8.54. The van der Waals surface area contributed by atoms with Crippen LogP contribution in [0.4, 0.5) is 0 Å². The summed E-state index contributed by atoms with van der Waals surface area (Å²) in [4.78, 5) is 0. The van der Waals surface area contributed by atoms with Crippen LogP contribution in [0.2, 0.25) is 0 Å². The molecular formula is C31H24Cl2Zr. The maximum Gasteiger partial charge on any atom is 2.00 e. The average Bonchev–Trinajstić information content (AvgIpc) is 3.48. The van der Waals surface area contributed by atoms with E-state index in [0.29, 0.717) is 5.92 Å². The number of hydrogen-bond donors (Lipinski definition) is 0. The fourth-order valence-corrected chi connectivity index (χ4v) is 5.12. The van der Waals surface area contributed by atoms with Crippen molar-refractivity contribution < 1.29 is 51.0 Å². The zero-order chi connectivity index (χ0) is 20.6. The zero-order valence-electron chi connectivity index (χ0n) is 18.7. The first-order valence-corrected chi connectivity index (χ1v) is 11.1. The molecule has 4 aromatic carbocycles. The average molecular weight is 559 g/mol. The van der Waals surface area contributed by atoms with Crippen LogP contribution in [0.5, 0.6) is 0 Å². The van der Waals surface area contributed by atoms with Crippen LogP contribution in [0.1, 0.15) is 16.7 Å². The van der Waals surface area contributed by atoms with Crippen LogP contribution in [0.25, 0.3) is 33.4 Å². The van der Waals surface area contributed by atoms with Crippen LogP contribution in [0, 0.1) is 5.92 Å². The van der Waals surface area contributed by atoms with Gasteiger partial charge in [0.15, 0.2) is 0 Å². The van der Waals surface area contributed by atoms with E-state index in [1.165, 1.54) is 50.1 Å². The monoisotopic (exact) mass is 556 g/mol. The summed E-state index contributed by atoms with van der Waals surface area (Å²) < 4.78 is 0. The summed E-state index contributed by atoms with van der Waals surface area (Å²) in [6, 6.07) is 33.2. The van der Waals surface area contributed by atoms with Gasteiger partial charge >= 0.3 is 26.2 Å². The van der Waals surface area contributed by atoms with Gasteiger partial charge in [-0.2, -0.15) is 0 Å². The summed E-state index contributed by atoms with van der Waals surface area (Å²) in [5.41, 5.74) is 12.5. The molecule has 0 spiro atoms. The molecule has 4 aromatic rings. The molecule has 0 heterocycles. The Hall–Kier alpha value is -2.18. The van der Waals surface area contributed by atoms with Gasteiger partial charge in [0.1, 0.15) is 0 Å². The van der Waals surface area contributed by atoms with Gasteiger partial charge in [-0.05, 0) is 68.8 Å². The predicted molar refractivity (Wildman–Crippen MR) is 131 cm³/mol. The first kappa shape index (κ1) is 26.4. The van der Waals surface area contributed by atoms with Gasteiger partial charge in [0.25, 0.3) is 0 Å². The fraction of sp³-hybridized carbons (Fsp3) is 0.0968. The van der Waals surface area contributed by atoms with Gasteiger partial charge in [0.05, 0.1) is 0 Å². The minimum atomic E-state index is 0. The minimum absolute atomic E-state index is 0. The van der Waals surface area contributed by atoms with Crippen LogP contribution in [0.3, 0.4) is 0 Å². The third-order valence-corrected chi connectivity index (χ3v) is 6.65. The van der Waals surface area contributed by atoms with E-state index in [9.17, 15) is 0 Å². The van der Waals surface area contributed by atoms with E-state index in [1.54, 1.807) is 0 Å². The van der Waals surface area contributed by atoms with E-state index in [-0.39, 0.29) is 51.0 Å². The second kappa shape index (κ2) is 11.5. The Labute approximate surface area is 233 Å². The van der Waals surface area contributed by atoms with Crippen molar-refractivity contribution in [2.45, 2.75) is 12.8 Å². The van der Waals surface area contributed by atoms with E-state index in [2.05, 4.69) is 115 Å².